The Morgan fingerprint density at radius 1 is 1.36 bits per heavy atom. The molecule has 1 aliphatic heterocycles. The number of hydrogen-bond acceptors (Lipinski definition) is 5. The maximum atomic E-state index is 11.5. The van der Waals surface area contributed by atoms with Gasteiger partial charge in [-0.2, -0.15) is 0 Å². The molecule has 1 heterocycles. The van der Waals surface area contributed by atoms with Gasteiger partial charge in [0.25, 0.3) is 0 Å². The molecule has 82 valence electrons. The minimum absolute atomic E-state index is 0.321. The smallest absolute Gasteiger partial charge is 0.411 e. The van der Waals surface area contributed by atoms with Gasteiger partial charge in [-0.1, -0.05) is 0 Å². The molecule has 0 bridgehead atoms. The second kappa shape index (κ2) is 4.37. The van der Waals surface area contributed by atoms with E-state index in [4.69, 9.17) is 10.6 Å². The number of carbonyl (C=O) groups excluding carboxylic acids is 1. The maximum Gasteiger partial charge on any atom is 0.411 e. The van der Waals surface area contributed by atoms with Crippen LogP contribution in [0.1, 0.15) is 13.8 Å². The van der Waals surface area contributed by atoms with Gasteiger partial charge in [-0.25, -0.2) is 9.80 Å². The van der Waals surface area contributed by atoms with Crippen LogP contribution in [-0.2, 0) is 4.74 Å². The topological polar surface area (TPSA) is 58.8 Å². The average molecular weight is 219 g/mol. The van der Waals surface area contributed by atoms with Crippen LogP contribution in [0.4, 0.5) is 4.79 Å². The predicted octanol–water partition coefficient (Wildman–Crippen LogP) is 0.280. The first-order chi connectivity index (χ1) is 6.38. The number of piperazine rings is 1. The Hall–Kier alpha value is -0.460. The molecule has 1 amide bonds. The first kappa shape index (κ1) is 11.6. The number of hydrazine groups is 1. The van der Waals surface area contributed by atoms with Gasteiger partial charge in [-0.3, -0.25) is 5.84 Å². The van der Waals surface area contributed by atoms with Crippen molar-refractivity contribution < 1.29 is 9.53 Å². The van der Waals surface area contributed by atoms with Crippen LogP contribution in [0.25, 0.3) is 0 Å². The summed E-state index contributed by atoms with van der Waals surface area (Å²) in [4.78, 5) is 12.4. The zero-order valence-corrected chi connectivity index (χ0v) is 9.46. The van der Waals surface area contributed by atoms with E-state index < -0.39 is 4.93 Å². The molecule has 0 aromatic carbocycles. The van der Waals surface area contributed by atoms with Crippen LogP contribution in [-0.4, -0.2) is 47.1 Å². The third-order valence-corrected chi connectivity index (χ3v) is 2.00. The molecule has 0 aliphatic carbocycles. The number of carbonyl (C=O) groups is 1. The van der Waals surface area contributed by atoms with Crippen LogP contribution in [0.5, 0.6) is 0 Å². The fraction of sp³-hybridized carbons (Fsp3) is 0.875. The molecule has 1 aliphatic rings. The van der Waals surface area contributed by atoms with Gasteiger partial charge in [0.2, 0.25) is 0 Å². The molecule has 1 fully saturated rings. The summed E-state index contributed by atoms with van der Waals surface area (Å²) in [5.74, 6) is 5.56. The molecule has 6 heteroatoms. The van der Waals surface area contributed by atoms with Crippen LogP contribution in [0.15, 0.2) is 0 Å². The fourth-order valence-corrected chi connectivity index (χ4v) is 1.26. The Morgan fingerprint density at radius 3 is 2.29 bits per heavy atom. The van der Waals surface area contributed by atoms with E-state index in [2.05, 4.69) is 12.6 Å². The Bertz CT molecular complexity index is 209. The van der Waals surface area contributed by atoms with Crippen LogP contribution in [0.3, 0.4) is 0 Å². The van der Waals surface area contributed by atoms with E-state index in [1.54, 1.807) is 23.8 Å². The normalized spacial score (nSPS) is 19.6. The van der Waals surface area contributed by atoms with Gasteiger partial charge < -0.3 is 9.64 Å². The molecule has 2 N–H and O–H groups in total. The van der Waals surface area contributed by atoms with Crippen molar-refractivity contribution in [2.75, 3.05) is 26.2 Å². The SMILES string of the molecule is CC(C)(S)OC(=O)N1CCN(N)CC1. The molecule has 5 nitrogen and oxygen atoms in total. The lowest BCUT2D eigenvalue weighted by molar-refractivity contribution is 0.0464. The van der Waals surface area contributed by atoms with Gasteiger partial charge >= 0.3 is 6.09 Å². The van der Waals surface area contributed by atoms with Crippen LogP contribution < -0.4 is 5.84 Å². The molecular formula is C8H17N3O2S. The standard InChI is InChI=1S/C8H17N3O2S/c1-8(2,14)13-7(12)10-3-5-11(9)6-4-10/h14H,3-6,9H2,1-2H3. The summed E-state index contributed by atoms with van der Waals surface area (Å²) >= 11 is 4.13. The predicted molar refractivity (Wildman–Crippen MR) is 56.9 cm³/mol. The van der Waals surface area contributed by atoms with E-state index in [0.717, 1.165) is 0 Å². The van der Waals surface area contributed by atoms with E-state index >= 15 is 0 Å². The number of hydrogen-bond donors (Lipinski definition) is 2. The van der Waals surface area contributed by atoms with Gasteiger partial charge in [-0.05, 0) is 13.8 Å². The van der Waals surface area contributed by atoms with Crippen LogP contribution in [0, 0.1) is 0 Å². The highest BCUT2D eigenvalue weighted by atomic mass is 32.1. The average Bonchev–Trinajstić information content (AvgIpc) is 2.02. The molecule has 0 unspecified atom stereocenters. The highest BCUT2D eigenvalue weighted by molar-refractivity contribution is 7.81. The Morgan fingerprint density at radius 2 is 1.86 bits per heavy atom. The zero-order valence-electron chi connectivity index (χ0n) is 8.56. The van der Waals surface area contributed by atoms with Crippen LogP contribution in [0.2, 0.25) is 0 Å². The maximum absolute atomic E-state index is 11.5. The van der Waals surface area contributed by atoms with Gasteiger partial charge in [-0.15, -0.1) is 12.6 Å². The summed E-state index contributed by atoms with van der Waals surface area (Å²) in [5.41, 5.74) is 0. The van der Waals surface area contributed by atoms with Crippen molar-refractivity contribution in [3.05, 3.63) is 0 Å². The van der Waals surface area contributed by atoms with Crippen LogP contribution >= 0.6 is 12.6 Å². The summed E-state index contributed by atoms with van der Waals surface area (Å²) in [6.07, 6.45) is -0.321. The summed E-state index contributed by atoms with van der Waals surface area (Å²) in [7, 11) is 0. The van der Waals surface area contributed by atoms with Crippen molar-refractivity contribution in [3.8, 4) is 0 Å². The van der Waals surface area contributed by atoms with Crippen molar-refractivity contribution >= 4 is 18.7 Å². The molecular weight excluding hydrogens is 202 g/mol. The van der Waals surface area contributed by atoms with E-state index in [1.165, 1.54) is 0 Å². The van der Waals surface area contributed by atoms with E-state index in [-0.39, 0.29) is 6.09 Å². The second-order valence-corrected chi connectivity index (χ2v) is 4.91. The van der Waals surface area contributed by atoms with Crippen molar-refractivity contribution in [1.29, 1.82) is 0 Å². The minimum atomic E-state index is -0.725. The molecule has 0 aromatic heterocycles. The quantitative estimate of drug-likeness (QED) is 0.378. The Balaban J connectivity index is 2.38. The highest BCUT2D eigenvalue weighted by Gasteiger charge is 2.25. The lowest BCUT2D eigenvalue weighted by Crippen LogP contribution is -2.52. The molecule has 14 heavy (non-hydrogen) atoms. The molecule has 1 saturated heterocycles. The number of thiol groups is 1. The van der Waals surface area contributed by atoms with Gasteiger partial charge in [0.05, 0.1) is 0 Å². The molecule has 0 atom stereocenters. The molecule has 0 saturated carbocycles. The van der Waals surface area contributed by atoms with Crippen molar-refractivity contribution in [1.82, 2.24) is 9.91 Å². The first-order valence-corrected chi connectivity index (χ1v) is 5.03. The molecule has 1 rings (SSSR count). The summed E-state index contributed by atoms with van der Waals surface area (Å²) < 4.78 is 5.10. The summed E-state index contributed by atoms with van der Waals surface area (Å²) in [5, 5.41) is 1.69. The Labute approximate surface area is 89.5 Å². The molecule has 0 spiro atoms. The van der Waals surface area contributed by atoms with E-state index in [1.807, 2.05) is 0 Å². The van der Waals surface area contributed by atoms with E-state index in [0.29, 0.717) is 26.2 Å². The fourth-order valence-electron chi connectivity index (χ4n) is 1.18. The molecule has 0 aromatic rings. The number of nitrogens with two attached hydrogens (primary N) is 1. The summed E-state index contributed by atoms with van der Waals surface area (Å²) in [6, 6.07) is 0. The number of nitrogens with zero attached hydrogens (tertiary/aromatic N) is 2. The van der Waals surface area contributed by atoms with Gasteiger partial charge in [0.15, 0.2) is 4.93 Å². The molecule has 0 radical (unpaired) electrons. The van der Waals surface area contributed by atoms with E-state index in [9.17, 15) is 4.79 Å². The number of amides is 1. The summed E-state index contributed by atoms with van der Waals surface area (Å²) in [6.45, 7) is 6.04. The minimum Gasteiger partial charge on any atom is -0.433 e. The monoisotopic (exact) mass is 219 g/mol. The van der Waals surface area contributed by atoms with Gasteiger partial charge in [0, 0.05) is 26.2 Å². The Kier molecular flexibility index (Phi) is 3.63. The zero-order chi connectivity index (χ0) is 10.8. The third-order valence-electron chi connectivity index (χ3n) is 1.91. The van der Waals surface area contributed by atoms with Crippen molar-refractivity contribution in [2.45, 2.75) is 18.8 Å². The highest BCUT2D eigenvalue weighted by Crippen LogP contribution is 2.15. The second-order valence-electron chi connectivity index (χ2n) is 3.84. The van der Waals surface area contributed by atoms with Crippen molar-refractivity contribution in [3.63, 3.8) is 0 Å². The third kappa shape index (κ3) is 3.73. The largest absolute Gasteiger partial charge is 0.433 e. The lowest BCUT2D eigenvalue weighted by atomic mass is 10.4. The van der Waals surface area contributed by atoms with Crippen molar-refractivity contribution in [2.24, 2.45) is 5.84 Å². The number of rotatable bonds is 1. The lowest BCUT2D eigenvalue weighted by Gasteiger charge is -2.33. The van der Waals surface area contributed by atoms with Gasteiger partial charge in [0.1, 0.15) is 0 Å². The first-order valence-electron chi connectivity index (χ1n) is 4.58. The number of ether oxygens (including phenoxy) is 1.